The largest absolute Gasteiger partial charge is 0.294 e. The van der Waals surface area contributed by atoms with E-state index in [9.17, 15) is 4.79 Å². The van der Waals surface area contributed by atoms with Crippen molar-refractivity contribution in [3.05, 3.63) is 65.4 Å². The molecule has 5 nitrogen and oxygen atoms in total. The quantitative estimate of drug-likeness (QED) is 0.297. The molecule has 1 aliphatic carbocycles. The second-order valence-electron chi connectivity index (χ2n) is 7.75. The van der Waals surface area contributed by atoms with Crippen molar-refractivity contribution < 1.29 is 4.79 Å². The SMILES string of the molecule is CCCC(=O)c1ccc2nc(-c3nn(C4CC4)cc3Sc3ccc(Cl)cn3)ccc2c1. The van der Waals surface area contributed by atoms with Crippen molar-refractivity contribution in [3.63, 3.8) is 0 Å². The van der Waals surface area contributed by atoms with E-state index in [0.717, 1.165) is 57.0 Å². The number of carbonyl (C=O) groups excluding carboxylic acids is 1. The highest BCUT2D eigenvalue weighted by molar-refractivity contribution is 7.99. The Morgan fingerprint density at radius 3 is 2.81 bits per heavy atom. The second kappa shape index (κ2) is 8.44. The van der Waals surface area contributed by atoms with Gasteiger partial charge in [0.15, 0.2) is 5.78 Å². The number of ketones is 1. The summed E-state index contributed by atoms with van der Waals surface area (Å²) in [6.07, 6.45) is 7.47. The van der Waals surface area contributed by atoms with E-state index in [-0.39, 0.29) is 5.78 Å². The lowest BCUT2D eigenvalue weighted by molar-refractivity contribution is 0.0982. The maximum absolute atomic E-state index is 12.2. The van der Waals surface area contributed by atoms with Crippen LogP contribution in [0.5, 0.6) is 0 Å². The number of carbonyl (C=O) groups is 1. The van der Waals surface area contributed by atoms with Crippen LogP contribution in [0.25, 0.3) is 22.3 Å². The van der Waals surface area contributed by atoms with E-state index < -0.39 is 0 Å². The Morgan fingerprint density at radius 1 is 1.19 bits per heavy atom. The third-order valence-electron chi connectivity index (χ3n) is 5.27. The van der Waals surface area contributed by atoms with E-state index in [1.165, 1.54) is 0 Å². The maximum atomic E-state index is 12.2. The molecule has 1 aromatic carbocycles. The summed E-state index contributed by atoms with van der Waals surface area (Å²) in [5.74, 6) is 0.172. The molecule has 0 saturated heterocycles. The highest BCUT2D eigenvalue weighted by Crippen LogP contribution is 2.40. The lowest BCUT2D eigenvalue weighted by atomic mass is 10.0. The van der Waals surface area contributed by atoms with Gasteiger partial charge in [0.25, 0.3) is 0 Å². The van der Waals surface area contributed by atoms with Crippen molar-refractivity contribution in [1.82, 2.24) is 19.7 Å². The van der Waals surface area contributed by atoms with Crippen molar-refractivity contribution in [2.75, 3.05) is 0 Å². The van der Waals surface area contributed by atoms with E-state index in [1.807, 2.05) is 54.1 Å². The second-order valence-corrected chi connectivity index (χ2v) is 9.25. The molecule has 5 rings (SSSR count). The number of hydrogen-bond donors (Lipinski definition) is 0. The number of hydrogen-bond acceptors (Lipinski definition) is 5. The molecule has 3 heterocycles. The summed E-state index contributed by atoms with van der Waals surface area (Å²) < 4.78 is 2.05. The van der Waals surface area contributed by atoms with Crippen molar-refractivity contribution in [1.29, 1.82) is 0 Å². The Labute approximate surface area is 189 Å². The fourth-order valence-electron chi connectivity index (χ4n) is 3.49. The monoisotopic (exact) mass is 448 g/mol. The van der Waals surface area contributed by atoms with Crippen LogP contribution in [0.4, 0.5) is 0 Å². The maximum Gasteiger partial charge on any atom is 0.162 e. The van der Waals surface area contributed by atoms with Crippen LogP contribution >= 0.6 is 23.4 Å². The summed E-state index contributed by atoms with van der Waals surface area (Å²) in [7, 11) is 0. The number of nitrogens with zero attached hydrogens (tertiary/aromatic N) is 4. The molecule has 0 radical (unpaired) electrons. The van der Waals surface area contributed by atoms with Gasteiger partial charge in [-0.15, -0.1) is 0 Å². The van der Waals surface area contributed by atoms with Gasteiger partial charge in [0.05, 0.1) is 27.2 Å². The highest BCUT2D eigenvalue weighted by atomic mass is 35.5. The molecule has 7 heteroatoms. The van der Waals surface area contributed by atoms with Gasteiger partial charge in [-0.25, -0.2) is 9.97 Å². The Kier molecular flexibility index (Phi) is 5.50. The topological polar surface area (TPSA) is 60.7 Å². The normalized spacial score (nSPS) is 13.6. The molecule has 4 aromatic rings. The molecule has 0 bridgehead atoms. The molecule has 0 aliphatic heterocycles. The predicted octanol–water partition coefficient (Wildman–Crippen LogP) is 6.62. The van der Waals surface area contributed by atoms with Gasteiger partial charge < -0.3 is 0 Å². The number of fused-ring (bicyclic) bond motifs is 1. The Balaban J connectivity index is 1.51. The molecular weight excluding hydrogens is 428 g/mol. The Bertz CT molecular complexity index is 1260. The smallest absolute Gasteiger partial charge is 0.162 e. The Hall–Kier alpha value is -2.70. The molecule has 3 aromatic heterocycles. The van der Waals surface area contributed by atoms with Crippen LogP contribution in [0.3, 0.4) is 0 Å². The third kappa shape index (κ3) is 4.36. The number of halogens is 1. The van der Waals surface area contributed by atoms with Gasteiger partial charge in [0.1, 0.15) is 10.7 Å². The molecule has 31 heavy (non-hydrogen) atoms. The molecule has 0 unspecified atom stereocenters. The molecule has 1 aliphatic rings. The number of Topliss-reactive ketones (excluding diaryl/α,β-unsaturated/α-hetero) is 1. The van der Waals surface area contributed by atoms with Gasteiger partial charge in [0, 0.05) is 29.8 Å². The van der Waals surface area contributed by atoms with Crippen LogP contribution in [0, 0.1) is 0 Å². The zero-order valence-electron chi connectivity index (χ0n) is 17.1. The summed E-state index contributed by atoms with van der Waals surface area (Å²) in [5, 5.41) is 7.30. The number of benzene rings is 1. The molecule has 0 N–H and O–H groups in total. The van der Waals surface area contributed by atoms with E-state index in [4.69, 9.17) is 21.7 Å². The van der Waals surface area contributed by atoms with E-state index in [2.05, 4.69) is 11.2 Å². The minimum atomic E-state index is 0.172. The first-order valence-electron chi connectivity index (χ1n) is 10.4. The van der Waals surface area contributed by atoms with Gasteiger partial charge >= 0.3 is 0 Å². The number of pyridine rings is 2. The minimum Gasteiger partial charge on any atom is -0.294 e. The molecule has 0 spiro atoms. The van der Waals surface area contributed by atoms with Crippen molar-refractivity contribution >= 4 is 40.0 Å². The minimum absolute atomic E-state index is 0.172. The average molecular weight is 449 g/mol. The van der Waals surface area contributed by atoms with E-state index in [1.54, 1.807) is 18.0 Å². The van der Waals surface area contributed by atoms with E-state index in [0.29, 0.717) is 17.5 Å². The third-order valence-corrected chi connectivity index (χ3v) is 6.46. The molecule has 1 saturated carbocycles. The highest BCUT2D eigenvalue weighted by Gasteiger charge is 2.27. The van der Waals surface area contributed by atoms with Crippen LogP contribution < -0.4 is 0 Å². The predicted molar refractivity (Wildman–Crippen MR) is 124 cm³/mol. The van der Waals surface area contributed by atoms with Crippen LogP contribution in [-0.4, -0.2) is 25.5 Å². The molecule has 0 amide bonds. The lowest BCUT2D eigenvalue weighted by Crippen LogP contribution is -1.98. The molecule has 156 valence electrons. The van der Waals surface area contributed by atoms with Crippen LogP contribution in [-0.2, 0) is 0 Å². The molecule has 1 fully saturated rings. The first kappa shape index (κ1) is 20.2. The van der Waals surface area contributed by atoms with Crippen molar-refractivity contribution in [2.24, 2.45) is 0 Å². The number of rotatable bonds is 7. The van der Waals surface area contributed by atoms with Crippen molar-refractivity contribution in [3.8, 4) is 11.4 Å². The fraction of sp³-hybridized carbons (Fsp3) is 0.250. The van der Waals surface area contributed by atoms with Crippen molar-refractivity contribution in [2.45, 2.75) is 48.6 Å². The van der Waals surface area contributed by atoms with Crippen LogP contribution in [0.1, 0.15) is 49.0 Å². The summed E-state index contributed by atoms with van der Waals surface area (Å²) in [4.78, 5) is 22.5. The summed E-state index contributed by atoms with van der Waals surface area (Å²) in [5.41, 5.74) is 3.26. The van der Waals surface area contributed by atoms with Gasteiger partial charge in [-0.3, -0.25) is 9.48 Å². The number of aromatic nitrogens is 4. The average Bonchev–Trinajstić information content (AvgIpc) is 3.55. The summed E-state index contributed by atoms with van der Waals surface area (Å²) >= 11 is 7.54. The molecule has 0 atom stereocenters. The lowest BCUT2D eigenvalue weighted by Gasteiger charge is -2.05. The fourth-order valence-corrected chi connectivity index (χ4v) is 4.47. The zero-order valence-corrected chi connectivity index (χ0v) is 18.7. The van der Waals surface area contributed by atoms with Gasteiger partial charge in [-0.2, -0.15) is 5.10 Å². The zero-order chi connectivity index (χ0) is 21.4. The van der Waals surface area contributed by atoms with Gasteiger partial charge in [0.2, 0.25) is 0 Å². The van der Waals surface area contributed by atoms with E-state index >= 15 is 0 Å². The standard InChI is InChI=1S/C24H21ClN4OS/c1-2-3-21(30)16-5-9-19-15(12-16)4-10-20(27-19)24-22(14-29(28-24)18-7-8-18)31-23-11-6-17(25)13-26-23/h4-6,9-14,18H,2-3,7-8H2,1H3. The summed E-state index contributed by atoms with van der Waals surface area (Å²) in [6.45, 7) is 2.02. The van der Waals surface area contributed by atoms with Gasteiger partial charge in [-0.05, 0) is 55.7 Å². The first-order valence-corrected chi connectivity index (χ1v) is 11.6. The Morgan fingerprint density at radius 2 is 2.06 bits per heavy atom. The van der Waals surface area contributed by atoms with Crippen LogP contribution in [0.2, 0.25) is 5.02 Å². The van der Waals surface area contributed by atoms with Gasteiger partial charge in [-0.1, -0.05) is 36.4 Å². The first-order chi connectivity index (χ1) is 15.1. The van der Waals surface area contributed by atoms with Crippen LogP contribution in [0.15, 0.2) is 64.8 Å². The summed E-state index contributed by atoms with van der Waals surface area (Å²) in [6, 6.07) is 13.9. The molecular formula is C24H21ClN4OS.